The minimum Gasteiger partial charge on any atom is -0.493 e. The number of aliphatic hydroxyl groups excluding tert-OH is 1. The molecule has 0 saturated heterocycles. The van der Waals surface area contributed by atoms with E-state index in [1.54, 1.807) is 37.1 Å². The van der Waals surface area contributed by atoms with E-state index in [1.165, 1.54) is 7.11 Å². The Bertz CT molecular complexity index is 1300. The highest BCUT2D eigenvalue weighted by atomic mass is 28.3. The van der Waals surface area contributed by atoms with Crippen LogP contribution in [-0.4, -0.2) is 56.4 Å². The summed E-state index contributed by atoms with van der Waals surface area (Å²) in [4.78, 5) is 28.7. The molecule has 42 heavy (non-hydrogen) atoms. The van der Waals surface area contributed by atoms with Gasteiger partial charge in [0, 0.05) is 12.3 Å². The van der Waals surface area contributed by atoms with Crippen LogP contribution < -0.4 is 14.8 Å². The summed E-state index contributed by atoms with van der Waals surface area (Å²) in [5, 5.41) is 13.2. The van der Waals surface area contributed by atoms with Crippen LogP contribution in [0.5, 0.6) is 11.5 Å². The SMILES string of the molecule is C=C(C)OC(=O)Nc1cc(OCc2ccccc2)c(OC)cc1C(=O)N1C=C(C(C)O)C[C@H]1C(O[Si](C)C)C(C)(C)C. The van der Waals surface area contributed by atoms with Gasteiger partial charge >= 0.3 is 6.09 Å². The normalized spacial score (nSPS) is 16.5. The first-order chi connectivity index (χ1) is 19.7. The lowest BCUT2D eigenvalue weighted by molar-refractivity contribution is 0.0185. The largest absolute Gasteiger partial charge is 0.493 e. The number of nitrogens with one attached hydrogen (secondary N) is 1. The summed E-state index contributed by atoms with van der Waals surface area (Å²) < 4.78 is 23.3. The van der Waals surface area contributed by atoms with E-state index in [0.29, 0.717) is 17.9 Å². The standard InChI is InChI=1S/C32H43N2O7Si/c1-20(2)40-31(37)33-25-17-28(39-19-22-13-11-10-12-14-22)27(38-7)16-24(25)30(36)34-18-23(21(3)35)15-26(34)29(32(4,5)6)41-42(8)9/h10-14,16-18,21,26,29,35H,1,15,19H2,2-9H3,(H,33,37)/t21?,26-,29?/m0/s1. The Balaban J connectivity index is 2.09. The molecule has 10 heteroatoms. The molecule has 0 aromatic heterocycles. The summed E-state index contributed by atoms with van der Waals surface area (Å²) in [5.41, 5.74) is 1.70. The second-order valence-electron chi connectivity index (χ2n) is 11.7. The highest BCUT2D eigenvalue weighted by Crippen LogP contribution is 2.40. The molecule has 1 aliphatic rings. The maximum atomic E-state index is 14.4. The molecule has 0 aliphatic carbocycles. The number of rotatable bonds is 11. The molecule has 1 aliphatic heterocycles. The summed E-state index contributed by atoms with van der Waals surface area (Å²) in [5.74, 6) is 0.454. The molecule has 0 spiro atoms. The topological polar surface area (TPSA) is 107 Å². The molecule has 9 nitrogen and oxygen atoms in total. The molecular formula is C32H43N2O7Si. The summed E-state index contributed by atoms with van der Waals surface area (Å²) in [6.45, 7) is 17.4. The molecule has 2 aromatic rings. The lowest BCUT2D eigenvalue weighted by Crippen LogP contribution is -2.50. The summed E-state index contributed by atoms with van der Waals surface area (Å²) in [7, 11) is 0.363. The van der Waals surface area contributed by atoms with Gasteiger partial charge in [-0.3, -0.25) is 10.1 Å². The van der Waals surface area contributed by atoms with Crippen LogP contribution >= 0.6 is 0 Å². The Kier molecular flexibility index (Phi) is 11.0. The first-order valence-electron chi connectivity index (χ1n) is 13.9. The number of nitrogens with zero attached hydrogens (tertiary/aromatic N) is 1. The van der Waals surface area contributed by atoms with Crippen molar-refractivity contribution in [2.24, 2.45) is 5.41 Å². The lowest BCUT2D eigenvalue weighted by atomic mass is 9.82. The van der Waals surface area contributed by atoms with Crippen molar-refractivity contribution >= 4 is 26.7 Å². The van der Waals surface area contributed by atoms with Crippen LogP contribution in [0.25, 0.3) is 0 Å². The average Bonchev–Trinajstić information content (AvgIpc) is 3.35. The quantitative estimate of drug-likeness (QED) is 0.225. The van der Waals surface area contributed by atoms with Gasteiger partial charge in [0.05, 0.1) is 42.4 Å². The summed E-state index contributed by atoms with van der Waals surface area (Å²) in [6, 6.07) is 12.3. The monoisotopic (exact) mass is 595 g/mol. The van der Waals surface area contributed by atoms with E-state index in [0.717, 1.165) is 11.1 Å². The molecule has 1 radical (unpaired) electrons. The van der Waals surface area contributed by atoms with Gasteiger partial charge in [0.1, 0.15) is 6.61 Å². The molecule has 1 heterocycles. The van der Waals surface area contributed by atoms with Gasteiger partial charge < -0.3 is 28.6 Å². The van der Waals surface area contributed by atoms with Gasteiger partial charge in [-0.05, 0) is 56.0 Å². The van der Waals surface area contributed by atoms with Crippen LogP contribution in [0.4, 0.5) is 10.5 Å². The summed E-state index contributed by atoms with van der Waals surface area (Å²) in [6.07, 6.45) is 0.299. The van der Waals surface area contributed by atoms with Gasteiger partial charge in [-0.1, -0.05) is 57.7 Å². The number of hydrogen-bond donors (Lipinski definition) is 2. The van der Waals surface area contributed by atoms with Crippen molar-refractivity contribution in [2.75, 3.05) is 12.4 Å². The van der Waals surface area contributed by atoms with Crippen molar-refractivity contribution in [3.05, 3.63) is 77.7 Å². The number of benzene rings is 2. The summed E-state index contributed by atoms with van der Waals surface area (Å²) >= 11 is 0. The fourth-order valence-electron chi connectivity index (χ4n) is 4.77. The van der Waals surface area contributed by atoms with E-state index in [2.05, 4.69) is 45.8 Å². The van der Waals surface area contributed by atoms with Gasteiger partial charge in [-0.15, -0.1) is 0 Å². The second kappa shape index (κ2) is 14.0. The zero-order chi connectivity index (χ0) is 31.2. The van der Waals surface area contributed by atoms with Crippen molar-refractivity contribution in [2.45, 2.75) is 79.0 Å². The highest BCUT2D eigenvalue weighted by Gasteiger charge is 2.43. The second-order valence-corrected chi connectivity index (χ2v) is 13.8. The average molecular weight is 596 g/mol. The number of methoxy groups -OCH3 is 1. The van der Waals surface area contributed by atoms with E-state index < -0.39 is 27.1 Å². The van der Waals surface area contributed by atoms with Crippen molar-refractivity contribution < 1.29 is 33.3 Å². The number of anilines is 1. The first kappa shape index (κ1) is 32.9. The molecule has 3 atom stereocenters. The highest BCUT2D eigenvalue weighted by molar-refractivity contribution is 6.48. The molecule has 3 rings (SSSR count). The molecule has 0 bridgehead atoms. The first-order valence-corrected chi connectivity index (χ1v) is 16.3. The van der Waals surface area contributed by atoms with E-state index in [9.17, 15) is 14.7 Å². The van der Waals surface area contributed by atoms with Crippen molar-refractivity contribution in [3.8, 4) is 11.5 Å². The molecule has 2 unspecified atom stereocenters. The Morgan fingerprint density at radius 3 is 2.38 bits per heavy atom. The lowest BCUT2D eigenvalue weighted by Gasteiger charge is -2.40. The third kappa shape index (κ3) is 8.47. The molecule has 0 fully saturated rings. The van der Waals surface area contributed by atoms with E-state index >= 15 is 0 Å². The number of carbonyl (C=O) groups excluding carboxylic acids is 2. The smallest absolute Gasteiger partial charge is 0.416 e. The zero-order valence-corrected chi connectivity index (χ0v) is 26.8. The Morgan fingerprint density at radius 2 is 1.83 bits per heavy atom. The van der Waals surface area contributed by atoms with Crippen LogP contribution in [0.2, 0.25) is 13.1 Å². The van der Waals surface area contributed by atoms with E-state index in [1.807, 2.05) is 30.3 Å². The Labute approximate surface area is 250 Å². The molecule has 227 valence electrons. The molecule has 0 saturated carbocycles. The van der Waals surface area contributed by atoms with Crippen molar-refractivity contribution in [3.63, 3.8) is 0 Å². The third-order valence-electron chi connectivity index (χ3n) is 6.72. The van der Waals surface area contributed by atoms with Gasteiger partial charge in [-0.2, -0.15) is 0 Å². The van der Waals surface area contributed by atoms with Crippen molar-refractivity contribution in [1.82, 2.24) is 4.90 Å². The fourth-order valence-corrected chi connectivity index (χ4v) is 5.79. The molecule has 2 amide bonds. The predicted octanol–water partition coefficient (Wildman–Crippen LogP) is 6.52. The van der Waals surface area contributed by atoms with Gasteiger partial charge in [0.25, 0.3) is 5.91 Å². The molecule has 2 N–H and O–H groups in total. The van der Waals surface area contributed by atoms with E-state index in [-0.39, 0.29) is 41.2 Å². The maximum Gasteiger partial charge on any atom is 0.416 e. The van der Waals surface area contributed by atoms with Crippen LogP contribution in [0.3, 0.4) is 0 Å². The van der Waals surface area contributed by atoms with Gasteiger partial charge in [-0.25, -0.2) is 4.79 Å². The molecular weight excluding hydrogens is 552 g/mol. The van der Waals surface area contributed by atoms with Crippen LogP contribution in [-0.2, 0) is 15.8 Å². The molecule has 2 aromatic carbocycles. The predicted molar refractivity (Wildman–Crippen MR) is 165 cm³/mol. The minimum atomic E-state index is -1.12. The number of amides is 2. The van der Waals surface area contributed by atoms with Crippen molar-refractivity contribution in [1.29, 1.82) is 0 Å². The number of ether oxygens (including phenoxy) is 3. The van der Waals surface area contributed by atoms with Crippen LogP contribution in [0.1, 0.15) is 57.0 Å². The number of hydrogen-bond acceptors (Lipinski definition) is 7. The number of aliphatic hydroxyl groups is 1. The maximum absolute atomic E-state index is 14.4. The fraction of sp³-hybridized carbons (Fsp3) is 0.438. The zero-order valence-electron chi connectivity index (χ0n) is 25.8. The number of allylic oxidation sites excluding steroid dienone is 1. The Morgan fingerprint density at radius 1 is 1.17 bits per heavy atom. The van der Waals surface area contributed by atoms with Gasteiger partial charge in [0.15, 0.2) is 11.5 Å². The van der Waals surface area contributed by atoms with Gasteiger partial charge in [0.2, 0.25) is 9.04 Å². The van der Waals surface area contributed by atoms with E-state index in [4.69, 9.17) is 18.6 Å². The Hall–Kier alpha value is -3.60. The van der Waals surface area contributed by atoms with Crippen LogP contribution in [0.15, 0.2) is 66.6 Å². The number of carbonyl (C=O) groups is 2. The minimum absolute atomic E-state index is 0.164. The van der Waals surface area contributed by atoms with Crippen LogP contribution in [0, 0.1) is 5.41 Å². The third-order valence-corrected chi connectivity index (χ3v) is 7.44.